The van der Waals surface area contributed by atoms with Crippen LogP contribution in [0.2, 0.25) is 0 Å². The fourth-order valence-electron chi connectivity index (χ4n) is 8.39. The number of fused-ring (bicyclic) bond motifs is 9. The van der Waals surface area contributed by atoms with Crippen LogP contribution in [0.5, 0.6) is 11.5 Å². The van der Waals surface area contributed by atoms with Gasteiger partial charge in [-0.25, -0.2) is 4.90 Å². The molecule has 4 aromatic rings. The van der Waals surface area contributed by atoms with E-state index in [1.54, 1.807) is 36.4 Å². The number of thiazole rings is 1. The summed E-state index contributed by atoms with van der Waals surface area (Å²) in [7, 11) is 1.48. The molecule has 2 bridgehead atoms. The number of para-hydroxylation sites is 2. The minimum absolute atomic E-state index is 0.160. The highest BCUT2D eigenvalue weighted by Gasteiger charge is 2.70. The molecule has 3 aromatic carbocycles. The van der Waals surface area contributed by atoms with Crippen molar-refractivity contribution >= 4 is 52.2 Å². The van der Waals surface area contributed by atoms with Crippen molar-refractivity contribution in [2.45, 2.75) is 28.8 Å². The molecular formula is C35H28F3N3O6S2. The topological polar surface area (TPSA) is 118 Å². The van der Waals surface area contributed by atoms with Crippen molar-refractivity contribution in [3.8, 4) is 11.5 Å². The molecule has 3 heterocycles. The molecule has 7 atom stereocenters. The zero-order valence-corrected chi connectivity index (χ0v) is 27.4. The molecule has 2 N–H and O–H groups in total. The van der Waals surface area contributed by atoms with Gasteiger partial charge in [-0.3, -0.25) is 19.2 Å². The van der Waals surface area contributed by atoms with E-state index in [4.69, 9.17) is 9.47 Å². The van der Waals surface area contributed by atoms with E-state index >= 15 is 0 Å². The summed E-state index contributed by atoms with van der Waals surface area (Å²) in [5, 5.41) is 3.30. The van der Waals surface area contributed by atoms with Gasteiger partial charge in [0.2, 0.25) is 11.8 Å². The molecule has 3 fully saturated rings. The molecule has 252 valence electrons. The molecule has 1 aromatic heterocycles. The molecule has 3 amide bonds. The van der Waals surface area contributed by atoms with E-state index < -0.39 is 41.1 Å². The number of ether oxygens (including phenoxy) is 2. The molecule has 4 aliphatic rings. The molecule has 2 aliphatic heterocycles. The van der Waals surface area contributed by atoms with Gasteiger partial charge in [-0.2, -0.15) is 13.2 Å². The van der Waals surface area contributed by atoms with Gasteiger partial charge in [0.05, 0.1) is 35.2 Å². The van der Waals surface area contributed by atoms with Crippen LogP contribution in [0.25, 0.3) is 0 Å². The summed E-state index contributed by atoms with van der Waals surface area (Å²) in [6.45, 7) is -0.268. The van der Waals surface area contributed by atoms with Crippen molar-refractivity contribution in [3.05, 3.63) is 98.5 Å². The highest BCUT2D eigenvalue weighted by molar-refractivity contribution is 8.00. The molecule has 0 spiro atoms. The van der Waals surface area contributed by atoms with Crippen LogP contribution in [0, 0.1) is 29.6 Å². The van der Waals surface area contributed by atoms with Crippen molar-refractivity contribution in [1.82, 2.24) is 4.98 Å². The van der Waals surface area contributed by atoms with Gasteiger partial charge in [-0.15, -0.1) is 11.8 Å². The van der Waals surface area contributed by atoms with Crippen molar-refractivity contribution in [2.24, 2.45) is 29.6 Å². The van der Waals surface area contributed by atoms with Crippen LogP contribution in [-0.2, 0) is 20.6 Å². The number of halogens is 3. The lowest BCUT2D eigenvalue weighted by Crippen LogP contribution is -2.42. The number of methoxy groups -OCH3 is 1. The number of H-pyrrole nitrogens is 1. The lowest BCUT2D eigenvalue weighted by molar-refractivity contribution is -0.137. The predicted octanol–water partition coefficient (Wildman–Crippen LogP) is 6.16. The monoisotopic (exact) mass is 707 g/mol. The minimum Gasteiger partial charge on any atom is -0.493 e. The number of nitrogens with one attached hydrogen (secondary N) is 2. The number of aromatic amines is 1. The van der Waals surface area contributed by atoms with Crippen LogP contribution in [0.1, 0.15) is 28.3 Å². The summed E-state index contributed by atoms with van der Waals surface area (Å²) in [5.74, 6) is -3.48. The van der Waals surface area contributed by atoms with Gasteiger partial charge in [0.25, 0.3) is 5.91 Å². The number of amides is 3. The van der Waals surface area contributed by atoms with Crippen molar-refractivity contribution in [2.75, 3.05) is 23.9 Å². The number of aromatic nitrogens is 1. The maximum atomic E-state index is 14.0. The highest BCUT2D eigenvalue weighted by Crippen LogP contribution is 2.69. The first kappa shape index (κ1) is 31.7. The van der Waals surface area contributed by atoms with E-state index in [9.17, 15) is 32.3 Å². The number of alkyl halides is 3. The third kappa shape index (κ3) is 5.14. The fourth-order valence-corrected chi connectivity index (χ4v) is 11.3. The van der Waals surface area contributed by atoms with Crippen molar-refractivity contribution < 1.29 is 37.0 Å². The van der Waals surface area contributed by atoms with Gasteiger partial charge in [-0.05, 0) is 66.1 Å². The largest absolute Gasteiger partial charge is 0.493 e. The van der Waals surface area contributed by atoms with Gasteiger partial charge >= 0.3 is 11.0 Å². The third-order valence-corrected chi connectivity index (χ3v) is 12.7. The predicted molar refractivity (Wildman–Crippen MR) is 176 cm³/mol. The quantitative estimate of drug-likeness (QED) is 0.221. The molecule has 8 rings (SSSR count). The number of nitrogens with zero attached hydrogens (tertiary/aromatic N) is 1. The second-order valence-corrected chi connectivity index (χ2v) is 14.8. The van der Waals surface area contributed by atoms with Gasteiger partial charge in [0.1, 0.15) is 0 Å². The molecule has 14 heteroatoms. The molecule has 2 saturated carbocycles. The average Bonchev–Trinajstić information content (AvgIpc) is 3.82. The van der Waals surface area contributed by atoms with Crippen LogP contribution < -0.4 is 24.6 Å². The number of carbonyl (C=O) groups is 3. The Bertz CT molecular complexity index is 2050. The summed E-state index contributed by atoms with van der Waals surface area (Å²) in [4.78, 5) is 57.4. The number of carbonyl (C=O) groups excluding carboxylic acids is 3. The zero-order valence-electron chi connectivity index (χ0n) is 25.7. The Morgan fingerprint density at radius 3 is 2.41 bits per heavy atom. The number of benzene rings is 3. The van der Waals surface area contributed by atoms with Crippen molar-refractivity contribution in [3.63, 3.8) is 0 Å². The number of thioether (sulfide) groups is 1. The van der Waals surface area contributed by atoms with Crippen LogP contribution in [-0.4, -0.2) is 41.7 Å². The van der Waals surface area contributed by atoms with E-state index in [0.29, 0.717) is 28.6 Å². The molecule has 2 aliphatic carbocycles. The summed E-state index contributed by atoms with van der Waals surface area (Å²) < 4.78 is 53.5. The first-order valence-electron chi connectivity index (χ1n) is 15.6. The molecular weight excluding hydrogens is 680 g/mol. The number of anilines is 2. The Hall–Kier alpha value is -4.56. The second-order valence-electron chi connectivity index (χ2n) is 12.6. The van der Waals surface area contributed by atoms with E-state index in [1.165, 1.54) is 37.1 Å². The normalized spacial score (nSPS) is 26.7. The Morgan fingerprint density at radius 2 is 1.67 bits per heavy atom. The van der Waals surface area contributed by atoms with E-state index in [2.05, 4.69) is 10.3 Å². The Kier molecular flexibility index (Phi) is 7.63. The second kappa shape index (κ2) is 11.8. The first-order chi connectivity index (χ1) is 23.5. The fraction of sp³-hybridized carbons (Fsp3) is 0.314. The van der Waals surface area contributed by atoms with E-state index in [1.807, 2.05) is 12.1 Å². The summed E-state index contributed by atoms with van der Waals surface area (Å²) in [6.07, 6.45) is -4.17. The van der Waals surface area contributed by atoms with Gasteiger partial charge in [0, 0.05) is 21.7 Å². The number of hydrogen-bond donors (Lipinski definition) is 2. The van der Waals surface area contributed by atoms with Crippen LogP contribution in [0.15, 0.2) is 82.6 Å². The van der Waals surface area contributed by atoms with Crippen molar-refractivity contribution in [1.29, 1.82) is 0 Å². The average molecular weight is 708 g/mol. The Morgan fingerprint density at radius 1 is 0.959 bits per heavy atom. The third-order valence-electron chi connectivity index (χ3n) is 10.1. The Labute approximate surface area is 285 Å². The van der Waals surface area contributed by atoms with Crippen LogP contribution in [0.3, 0.4) is 0 Å². The van der Waals surface area contributed by atoms with Crippen LogP contribution >= 0.6 is 23.1 Å². The smallest absolute Gasteiger partial charge is 0.418 e. The molecule has 0 radical (unpaired) electrons. The first-order valence-corrected chi connectivity index (χ1v) is 17.3. The number of imide groups is 1. The standard InChI is InChI=1S/C35H28F3N3O6S2/c1-46-23-13-16(11-12-22(23)47-15-24(42)39-17-7-3-2-4-8-17)25-26-18-14-19(29(26)48-31-30(25)49-34(45)40-31)28-27(18)32(43)41(33(28)44)21-10-6-5-9-20(21)35(36,37)38/h2-13,18-19,25-29H,14-15H2,1H3,(H,39,42)(H,40,45)/t18-,19-,25-,26?,27?,28?,29?/m1/s1. The lowest BCUT2D eigenvalue weighted by Gasteiger charge is -2.43. The molecule has 9 nitrogen and oxygen atoms in total. The maximum absolute atomic E-state index is 14.0. The van der Waals surface area contributed by atoms with Crippen LogP contribution in [0.4, 0.5) is 24.5 Å². The SMILES string of the molecule is COc1cc([C@H]2c3sc(=O)[nH]c3SC3C2[C@H]2C[C@@H]3C3C(=O)N(c4ccccc4C(F)(F)F)C(=O)C32)ccc1OCC(=O)Nc1ccccc1. The molecule has 1 saturated heterocycles. The minimum atomic E-state index is -4.75. The zero-order chi connectivity index (χ0) is 34.2. The van der Waals surface area contributed by atoms with Gasteiger partial charge < -0.3 is 19.8 Å². The summed E-state index contributed by atoms with van der Waals surface area (Å²) in [6, 6.07) is 19.0. The van der Waals surface area contributed by atoms with Gasteiger partial charge in [-0.1, -0.05) is 47.7 Å². The number of hydrogen-bond acceptors (Lipinski definition) is 8. The van der Waals surface area contributed by atoms with E-state index in [-0.39, 0.29) is 46.3 Å². The molecule has 4 unspecified atom stereocenters. The lowest BCUT2D eigenvalue weighted by atomic mass is 9.68. The van der Waals surface area contributed by atoms with Gasteiger partial charge in [0.15, 0.2) is 18.1 Å². The van der Waals surface area contributed by atoms with E-state index in [0.717, 1.165) is 32.7 Å². The maximum Gasteiger partial charge on any atom is 0.418 e. The summed E-state index contributed by atoms with van der Waals surface area (Å²) in [5.41, 5.74) is -0.0369. The highest BCUT2D eigenvalue weighted by atomic mass is 32.2. The summed E-state index contributed by atoms with van der Waals surface area (Å²) >= 11 is 2.57. The number of rotatable bonds is 7. The molecule has 49 heavy (non-hydrogen) atoms. The Balaban J connectivity index is 1.11.